The number of rotatable bonds is 4. The van der Waals surface area contributed by atoms with E-state index in [1.807, 2.05) is 17.8 Å². The first kappa shape index (κ1) is 15.6. The molecule has 0 atom stereocenters. The molecule has 0 radical (unpaired) electrons. The van der Waals surface area contributed by atoms with Crippen LogP contribution < -0.4 is 5.32 Å². The monoisotopic (exact) mass is 313 g/mol. The topological polar surface area (TPSA) is 67.2 Å². The van der Waals surface area contributed by atoms with Crippen molar-refractivity contribution in [2.75, 3.05) is 5.32 Å². The first-order chi connectivity index (χ1) is 11.0. The van der Waals surface area contributed by atoms with E-state index in [4.69, 9.17) is 5.11 Å². The van der Waals surface area contributed by atoms with Gasteiger partial charge in [0.1, 0.15) is 0 Å². The first-order valence-electron chi connectivity index (χ1n) is 8.13. The molecule has 5 heteroatoms. The van der Waals surface area contributed by atoms with Crippen LogP contribution in [0.3, 0.4) is 0 Å². The molecular weight excluding hydrogens is 290 g/mol. The third-order valence-electron chi connectivity index (χ3n) is 4.79. The highest BCUT2D eigenvalue weighted by Crippen LogP contribution is 2.30. The fraction of sp³-hybridized carbons (Fsp3) is 0.444. The number of aliphatic carboxylic acids is 1. The zero-order valence-electron chi connectivity index (χ0n) is 13.6. The molecule has 5 nitrogen and oxygen atoms in total. The molecule has 2 aromatic rings. The number of carboxylic acid groups (broad SMARTS) is 1. The van der Waals surface area contributed by atoms with Crippen molar-refractivity contribution in [2.24, 2.45) is 13.0 Å². The van der Waals surface area contributed by atoms with Gasteiger partial charge >= 0.3 is 5.97 Å². The summed E-state index contributed by atoms with van der Waals surface area (Å²) < 4.78 is 1.87. The summed E-state index contributed by atoms with van der Waals surface area (Å²) in [6, 6.07) is 8.75. The Balaban J connectivity index is 1.73. The van der Waals surface area contributed by atoms with Crippen LogP contribution in [-0.2, 0) is 11.8 Å². The molecule has 0 amide bonds. The Hall–Kier alpha value is -2.30. The molecule has 0 aliphatic heterocycles. The maximum absolute atomic E-state index is 11.1. The van der Waals surface area contributed by atoms with E-state index in [0.29, 0.717) is 6.04 Å². The summed E-state index contributed by atoms with van der Waals surface area (Å²) in [4.78, 5) is 11.1. The summed E-state index contributed by atoms with van der Waals surface area (Å²) >= 11 is 0. The zero-order chi connectivity index (χ0) is 16.4. The molecule has 3 rings (SSSR count). The number of carbonyl (C=O) groups is 1. The second-order valence-corrected chi connectivity index (χ2v) is 6.40. The SMILES string of the molecule is Cc1ccc(-c2ccnn2C)cc1NC1CCC(C(=O)O)CC1. The Labute approximate surface area is 136 Å². The van der Waals surface area contributed by atoms with E-state index in [1.54, 1.807) is 6.20 Å². The quantitative estimate of drug-likeness (QED) is 0.907. The van der Waals surface area contributed by atoms with Crippen LogP contribution in [0.5, 0.6) is 0 Å². The van der Waals surface area contributed by atoms with Gasteiger partial charge in [0.25, 0.3) is 0 Å². The molecule has 0 bridgehead atoms. The highest BCUT2D eigenvalue weighted by atomic mass is 16.4. The Morgan fingerprint density at radius 3 is 2.61 bits per heavy atom. The van der Waals surface area contributed by atoms with Crippen molar-refractivity contribution >= 4 is 11.7 Å². The second kappa shape index (κ2) is 6.44. The van der Waals surface area contributed by atoms with Gasteiger partial charge in [0.15, 0.2) is 0 Å². The maximum Gasteiger partial charge on any atom is 0.306 e. The molecular formula is C18H23N3O2. The van der Waals surface area contributed by atoms with Crippen LogP contribution in [0.4, 0.5) is 5.69 Å². The van der Waals surface area contributed by atoms with Gasteiger partial charge in [-0.05, 0) is 50.3 Å². The third-order valence-corrected chi connectivity index (χ3v) is 4.79. The summed E-state index contributed by atoms with van der Waals surface area (Å²) in [7, 11) is 1.94. The van der Waals surface area contributed by atoms with E-state index in [9.17, 15) is 4.79 Å². The molecule has 122 valence electrons. The van der Waals surface area contributed by atoms with Crippen molar-refractivity contribution in [3.05, 3.63) is 36.0 Å². The summed E-state index contributed by atoms with van der Waals surface area (Å²) in [6.45, 7) is 2.10. The van der Waals surface area contributed by atoms with Crippen molar-refractivity contribution in [1.29, 1.82) is 0 Å². The third kappa shape index (κ3) is 3.38. The summed E-state index contributed by atoms with van der Waals surface area (Å²) in [5.74, 6) is -0.826. The number of anilines is 1. The van der Waals surface area contributed by atoms with Gasteiger partial charge < -0.3 is 10.4 Å². The Kier molecular flexibility index (Phi) is 4.37. The predicted octanol–water partition coefficient (Wildman–Crippen LogP) is 3.45. The molecule has 0 spiro atoms. The first-order valence-corrected chi connectivity index (χ1v) is 8.13. The van der Waals surface area contributed by atoms with E-state index in [1.165, 1.54) is 5.56 Å². The minimum absolute atomic E-state index is 0.171. The molecule has 1 heterocycles. The largest absolute Gasteiger partial charge is 0.481 e. The van der Waals surface area contributed by atoms with Crippen LogP contribution >= 0.6 is 0 Å². The maximum atomic E-state index is 11.1. The molecule has 1 fully saturated rings. The van der Waals surface area contributed by atoms with Gasteiger partial charge in [-0.25, -0.2) is 0 Å². The lowest BCUT2D eigenvalue weighted by molar-refractivity contribution is -0.142. The van der Waals surface area contributed by atoms with Gasteiger partial charge in [-0.15, -0.1) is 0 Å². The molecule has 0 unspecified atom stereocenters. The van der Waals surface area contributed by atoms with Gasteiger partial charge in [0, 0.05) is 30.5 Å². The number of carboxylic acids is 1. The predicted molar refractivity (Wildman–Crippen MR) is 90.4 cm³/mol. The van der Waals surface area contributed by atoms with Gasteiger partial charge in [-0.3, -0.25) is 9.48 Å². The average molecular weight is 313 g/mol. The lowest BCUT2D eigenvalue weighted by Crippen LogP contribution is -2.29. The Morgan fingerprint density at radius 2 is 2.00 bits per heavy atom. The second-order valence-electron chi connectivity index (χ2n) is 6.40. The lowest BCUT2D eigenvalue weighted by Gasteiger charge is -2.28. The van der Waals surface area contributed by atoms with E-state index in [0.717, 1.165) is 42.6 Å². The van der Waals surface area contributed by atoms with Crippen molar-refractivity contribution in [2.45, 2.75) is 38.6 Å². The van der Waals surface area contributed by atoms with Crippen LogP contribution in [0.1, 0.15) is 31.2 Å². The number of aromatic nitrogens is 2. The molecule has 1 aliphatic carbocycles. The number of aryl methyl sites for hydroxylation is 2. The fourth-order valence-corrected chi connectivity index (χ4v) is 3.30. The number of nitrogens with zero attached hydrogens (tertiary/aromatic N) is 2. The number of hydrogen-bond acceptors (Lipinski definition) is 3. The zero-order valence-corrected chi connectivity index (χ0v) is 13.6. The molecule has 2 N–H and O–H groups in total. The van der Waals surface area contributed by atoms with Crippen LogP contribution in [-0.4, -0.2) is 26.9 Å². The van der Waals surface area contributed by atoms with Gasteiger partial charge in [0.2, 0.25) is 0 Å². The lowest BCUT2D eigenvalue weighted by atomic mass is 9.86. The summed E-state index contributed by atoms with van der Waals surface area (Å²) in [5, 5.41) is 16.9. The summed E-state index contributed by atoms with van der Waals surface area (Å²) in [5.41, 5.74) is 4.55. The van der Waals surface area contributed by atoms with Crippen molar-refractivity contribution in [1.82, 2.24) is 9.78 Å². The van der Waals surface area contributed by atoms with Crippen molar-refractivity contribution in [3.63, 3.8) is 0 Å². The van der Waals surface area contributed by atoms with Crippen molar-refractivity contribution in [3.8, 4) is 11.3 Å². The number of nitrogens with one attached hydrogen (secondary N) is 1. The van der Waals surface area contributed by atoms with E-state index >= 15 is 0 Å². The highest BCUT2D eigenvalue weighted by Gasteiger charge is 2.26. The van der Waals surface area contributed by atoms with Crippen LogP contribution in [0.15, 0.2) is 30.5 Å². The highest BCUT2D eigenvalue weighted by molar-refractivity contribution is 5.70. The summed E-state index contributed by atoms with van der Waals surface area (Å²) in [6.07, 6.45) is 5.13. The van der Waals surface area contributed by atoms with Crippen LogP contribution in [0.25, 0.3) is 11.3 Å². The molecule has 1 aromatic heterocycles. The fourth-order valence-electron chi connectivity index (χ4n) is 3.30. The van der Waals surface area contributed by atoms with E-state index in [-0.39, 0.29) is 5.92 Å². The number of hydrogen-bond donors (Lipinski definition) is 2. The van der Waals surface area contributed by atoms with Crippen molar-refractivity contribution < 1.29 is 9.90 Å². The average Bonchev–Trinajstić information content (AvgIpc) is 2.96. The van der Waals surface area contributed by atoms with Gasteiger partial charge in [-0.2, -0.15) is 5.10 Å². The molecule has 0 saturated heterocycles. The molecule has 1 saturated carbocycles. The van der Waals surface area contributed by atoms with E-state index < -0.39 is 5.97 Å². The molecule has 1 aromatic carbocycles. The Bertz CT molecular complexity index is 700. The minimum atomic E-state index is -0.655. The smallest absolute Gasteiger partial charge is 0.306 e. The van der Waals surface area contributed by atoms with Gasteiger partial charge in [-0.1, -0.05) is 12.1 Å². The Morgan fingerprint density at radius 1 is 1.26 bits per heavy atom. The van der Waals surface area contributed by atoms with Gasteiger partial charge in [0.05, 0.1) is 11.6 Å². The molecule has 1 aliphatic rings. The number of benzene rings is 1. The van der Waals surface area contributed by atoms with Crippen LogP contribution in [0, 0.1) is 12.8 Å². The standard InChI is InChI=1S/C18H23N3O2/c1-12-3-4-14(17-9-10-19-21(17)2)11-16(12)20-15-7-5-13(6-8-15)18(22)23/h3-4,9-11,13,15,20H,5-8H2,1-2H3,(H,22,23). The van der Waals surface area contributed by atoms with E-state index in [2.05, 4.69) is 35.5 Å². The molecule has 23 heavy (non-hydrogen) atoms. The normalized spacial score (nSPS) is 21.1. The minimum Gasteiger partial charge on any atom is -0.481 e. The van der Waals surface area contributed by atoms with Crippen LogP contribution in [0.2, 0.25) is 0 Å².